The predicted molar refractivity (Wildman–Crippen MR) is 49.3 cm³/mol. The van der Waals surface area contributed by atoms with Gasteiger partial charge in [0, 0.05) is 0 Å². The van der Waals surface area contributed by atoms with Gasteiger partial charge in [-0.15, -0.1) is 0 Å². The molecule has 5 heteroatoms. The molecule has 0 spiro atoms. The molecule has 0 radical (unpaired) electrons. The third kappa shape index (κ3) is 4.94. The number of hydrogen-bond donors (Lipinski definition) is 0. The Balaban J connectivity index is 3.79. The fourth-order valence-corrected chi connectivity index (χ4v) is 2.84. The number of halogens is 1. The average molecular weight is 203 g/mol. The Hall–Kier alpha value is 0.600. The molecule has 0 saturated carbocycles. The van der Waals surface area contributed by atoms with Crippen molar-refractivity contribution in [3.8, 4) is 0 Å². The van der Waals surface area contributed by atoms with Gasteiger partial charge in [-0.05, 0) is 0 Å². The van der Waals surface area contributed by atoms with E-state index in [1.54, 1.807) is 0 Å². The van der Waals surface area contributed by atoms with E-state index in [1.165, 1.54) is 0 Å². The maximum atomic E-state index is 5.41. The van der Waals surface area contributed by atoms with Gasteiger partial charge < -0.3 is 0 Å². The van der Waals surface area contributed by atoms with Crippen LogP contribution in [0.3, 0.4) is 0 Å². The summed E-state index contributed by atoms with van der Waals surface area (Å²) in [6, 6.07) is 0.128. The van der Waals surface area contributed by atoms with Gasteiger partial charge in [0.15, 0.2) is 0 Å². The minimum atomic E-state index is -2.38. The van der Waals surface area contributed by atoms with Crippen molar-refractivity contribution >= 4 is 19.5 Å². The van der Waals surface area contributed by atoms with E-state index in [0.29, 0.717) is 13.2 Å². The molecule has 0 amide bonds. The molecule has 0 atom stereocenters. The molecule has 0 aromatic carbocycles. The van der Waals surface area contributed by atoms with Crippen LogP contribution in [0.5, 0.6) is 0 Å². The molecule has 11 heavy (non-hydrogen) atoms. The van der Waals surface area contributed by atoms with Gasteiger partial charge in [0.05, 0.1) is 0 Å². The molecule has 0 unspecified atom stereocenters. The van der Waals surface area contributed by atoms with E-state index in [4.69, 9.17) is 25.2 Å². The van der Waals surface area contributed by atoms with Gasteiger partial charge in [-0.1, -0.05) is 0 Å². The van der Waals surface area contributed by atoms with Crippen LogP contribution in [0.1, 0.15) is 13.8 Å². The summed E-state index contributed by atoms with van der Waals surface area (Å²) in [4.78, 5) is 0. The first-order valence-electron chi connectivity index (χ1n) is 3.66. The molecule has 0 aromatic rings. The topological polar surface area (TPSA) is 27.7 Å². The van der Waals surface area contributed by atoms with Crippen LogP contribution >= 0.6 is 19.5 Å². The second-order valence-electron chi connectivity index (χ2n) is 1.98. The third-order valence-electron chi connectivity index (χ3n) is 1.13. The summed E-state index contributed by atoms with van der Waals surface area (Å²) in [7, 11) is -2.38. The van der Waals surface area contributed by atoms with Crippen LogP contribution in [0.25, 0.3) is 0 Å². The number of alkyl halides is 1. The standard InChI is InChI=1S/C6H16ClO3P/c1-4-8-11(3,9-5-2)10-6-7/h11H,4-6H2,1-3H3. The first kappa shape index (κ1) is 11.6. The Morgan fingerprint density at radius 3 is 1.82 bits per heavy atom. The molecule has 0 rings (SSSR count). The van der Waals surface area contributed by atoms with E-state index in [1.807, 2.05) is 20.5 Å². The minimum absolute atomic E-state index is 0.128. The van der Waals surface area contributed by atoms with E-state index in [9.17, 15) is 0 Å². The molecule has 0 aliphatic carbocycles. The summed E-state index contributed by atoms with van der Waals surface area (Å²) in [6.45, 7) is 6.84. The first-order chi connectivity index (χ1) is 5.18. The molecular formula is C6H16ClO3P. The van der Waals surface area contributed by atoms with E-state index < -0.39 is 7.94 Å². The van der Waals surface area contributed by atoms with Crippen molar-refractivity contribution in [3.63, 3.8) is 0 Å². The Labute approximate surface area is 73.6 Å². The second-order valence-corrected chi connectivity index (χ2v) is 4.79. The summed E-state index contributed by atoms with van der Waals surface area (Å²) < 4.78 is 15.8. The average Bonchev–Trinajstić information content (AvgIpc) is 1.88. The van der Waals surface area contributed by atoms with Crippen molar-refractivity contribution in [2.24, 2.45) is 0 Å². The summed E-state index contributed by atoms with van der Waals surface area (Å²) in [6.07, 6.45) is 0. The Morgan fingerprint density at radius 2 is 1.55 bits per heavy atom. The SMILES string of the molecule is CCO[PH](C)(OCC)OCCl. The maximum absolute atomic E-state index is 5.41. The van der Waals surface area contributed by atoms with Crippen molar-refractivity contribution in [3.05, 3.63) is 0 Å². The van der Waals surface area contributed by atoms with Crippen LogP contribution in [0, 0.1) is 0 Å². The van der Waals surface area contributed by atoms with E-state index in [-0.39, 0.29) is 6.07 Å². The van der Waals surface area contributed by atoms with Crippen molar-refractivity contribution < 1.29 is 13.6 Å². The van der Waals surface area contributed by atoms with Crippen LogP contribution in [-0.2, 0) is 13.6 Å². The molecule has 70 valence electrons. The van der Waals surface area contributed by atoms with Gasteiger partial charge in [0.1, 0.15) is 0 Å². The fourth-order valence-electron chi connectivity index (χ4n) is 0.748. The van der Waals surface area contributed by atoms with Crippen LogP contribution in [0.4, 0.5) is 0 Å². The van der Waals surface area contributed by atoms with E-state index in [0.717, 1.165) is 0 Å². The Kier molecular flexibility index (Phi) is 6.49. The van der Waals surface area contributed by atoms with Crippen LogP contribution in [-0.4, -0.2) is 25.9 Å². The van der Waals surface area contributed by atoms with Gasteiger partial charge in [-0.25, -0.2) is 0 Å². The number of hydrogen-bond acceptors (Lipinski definition) is 3. The zero-order chi connectivity index (χ0) is 8.74. The van der Waals surface area contributed by atoms with Gasteiger partial charge in [0.2, 0.25) is 0 Å². The molecular weight excluding hydrogens is 186 g/mol. The Morgan fingerprint density at radius 1 is 1.09 bits per heavy atom. The molecule has 0 fully saturated rings. The molecule has 3 nitrogen and oxygen atoms in total. The molecule has 0 aromatic heterocycles. The molecule has 0 bridgehead atoms. The van der Waals surface area contributed by atoms with Crippen LogP contribution in [0.15, 0.2) is 0 Å². The first-order valence-corrected chi connectivity index (χ1v) is 6.42. The van der Waals surface area contributed by atoms with E-state index >= 15 is 0 Å². The van der Waals surface area contributed by atoms with Crippen LogP contribution < -0.4 is 0 Å². The molecule has 0 aliphatic rings. The predicted octanol–water partition coefficient (Wildman–Crippen LogP) is 2.40. The second kappa shape index (κ2) is 6.15. The van der Waals surface area contributed by atoms with Crippen LogP contribution in [0.2, 0.25) is 0 Å². The van der Waals surface area contributed by atoms with Crippen molar-refractivity contribution in [1.29, 1.82) is 0 Å². The quantitative estimate of drug-likeness (QED) is 0.489. The number of rotatable bonds is 6. The van der Waals surface area contributed by atoms with E-state index in [2.05, 4.69) is 0 Å². The van der Waals surface area contributed by atoms with Gasteiger partial charge in [-0.2, -0.15) is 0 Å². The fraction of sp³-hybridized carbons (Fsp3) is 1.00. The summed E-state index contributed by atoms with van der Waals surface area (Å²) in [5.74, 6) is 0. The zero-order valence-electron chi connectivity index (χ0n) is 7.22. The molecule has 0 heterocycles. The normalized spacial score (nSPS) is 13.5. The zero-order valence-corrected chi connectivity index (χ0v) is 8.98. The monoisotopic (exact) mass is 202 g/mol. The van der Waals surface area contributed by atoms with Gasteiger partial charge in [0.25, 0.3) is 0 Å². The van der Waals surface area contributed by atoms with Crippen molar-refractivity contribution in [2.45, 2.75) is 13.8 Å². The van der Waals surface area contributed by atoms with Gasteiger partial charge >= 0.3 is 72.9 Å². The summed E-state index contributed by atoms with van der Waals surface area (Å²) in [5.41, 5.74) is 0. The molecule has 0 N–H and O–H groups in total. The molecule has 0 saturated heterocycles. The summed E-state index contributed by atoms with van der Waals surface area (Å²) in [5, 5.41) is 0. The Bertz CT molecular complexity index is 84.8. The molecule has 0 aliphatic heterocycles. The van der Waals surface area contributed by atoms with Crippen molar-refractivity contribution in [2.75, 3.05) is 25.9 Å². The van der Waals surface area contributed by atoms with Crippen molar-refractivity contribution in [1.82, 2.24) is 0 Å². The van der Waals surface area contributed by atoms with Gasteiger partial charge in [-0.3, -0.25) is 0 Å². The third-order valence-corrected chi connectivity index (χ3v) is 3.72. The summed E-state index contributed by atoms with van der Waals surface area (Å²) >= 11 is 5.41.